The largest absolute Gasteiger partial charge is 0.311 e. The summed E-state index contributed by atoms with van der Waals surface area (Å²) in [6, 6.07) is 10.5. The fourth-order valence-corrected chi connectivity index (χ4v) is 2.95. The van der Waals surface area contributed by atoms with Gasteiger partial charge in [-0.25, -0.2) is 0 Å². The van der Waals surface area contributed by atoms with Crippen LogP contribution < -0.4 is 5.32 Å². The van der Waals surface area contributed by atoms with Gasteiger partial charge in [0.2, 0.25) is 0 Å². The van der Waals surface area contributed by atoms with Crippen LogP contribution in [-0.4, -0.2) is 12.1 Å². The van der Waals surface area contributed by atoms with E-state index in [1.165, 1.54) is 36.8 Å². The molecule has 0 aliphatic heterocycles. The first kappa shape index (κ1) is 11.0. The second-order valence-corrected chi connectivity index (χ2v) is 5.58. The number of benzene rings is 1. The second kappa shape index (κ2) is 4.66. The van der Waals surface area contributed by atoms with E-state index >= 15 is 0 Å². The molecule has 0 spiro atoms. The fraction of sp³-hybridized carbons (Fsp3) is 0.500. The third-order valence-electron chi connectivity index (χ3n) is 4.17. The SMILES string of the molecule is Cc1ccc(C2CC(NC3CC=CC3)C2)cc1. The molecule has 1 nitrogen and oxygen atoms in total. The highest BCUT2D eigenvalue weighted by atomic mass is 15.0. The van der Waals surface area contributed by atoms with Crippen molar-refractivity contribution in [3.63, 3.8) is 0 Å². The maximum Gasteiger partial charge on any atom is 0.0139 e. The van der Waals surface area contributed by atoms with Crippen LogP contribution in [0.5, 0.6) is 0 Å². The van der Waals surface area contributed by atoms with Crippen LogP contribution in [0.15, 0.2) is 36.4 Å². The maximum absolute atomic E-state index is 3.76. The molecule has 0 atom stereocenters. The minimum Gasteiger partial charge on any atom is -0.311 e. The molecule has 0 radical (unpaired) electrons. The normalized spacial score (nSPS) is 28.3. The van der Waals surface area contributed by atoms with Crippen LogP contribution in [0.4, 0.5) is 0 Å². The Labute approximate surface area is 104 Å². The van der Waals surface area contributed by atoms with E-state index in [0.717, 1.165) is 18.0 Å². The maximum atomic E-state index is 3.76. The molecule has 0 amide bonds. The average Bonchev–Trinajstić information content (AvgIpc) is 2.77. The van der Waals surface area contributed by atoms with Crippen molar-refractivity contribution >= 4 is 0 Å². The second-order valence-electron chi connectivity index (χ2n) is 5.58. The summed E-state index contributed by atoms with van der Waals surface area (Å²) in [6.45, 7) is 2.15. The first-order valence-corrected chi connectivity index (χ1v) is 6.79. The predicted molar refractivity (Wildman–Crippen MR) is 72.2 cm³/mol. The Bertz CT molecular complexity index is 390. The Hall–Kier alpha value is -1.08. The first-order chi connectivity index (χ1) is 8.31. The molecule has 3 rings (SSSR count). The lowest BCUT2D eigenvalue weighted by molar-refractivity contribution is 0.267. The standard InChI is InChI=1S/C16H21N/c1-12-6-8-13(9-7-12)14-10-16(11-14)17-15-4-2-3-5-15/h2-3,6-9,14-17H,4-5,10-11H2,1H3. The molecule has 2 aliphatic carbocycles. The van der Waals surface area contributed by atoms with Crippen molar-refractivity contribution in [2.45, 2.75) is 50.6 Å². The van der Waals surface area contributed by atoms with E-state index in [-0.39, 0.29) is 0 Å². The summed E-state index contributed by atoms with van der Waals surface area (Å²) in [4.78, 5) is 0. The van der Waals surface area contributed by atoms with E-state index in [0.29, 0.717) is 0 Å². The molecule has 1 aromatic carbocycles. The summed E-state index contributed by atoms with van der Waals surface area (Å²) in [5, 5.41) is 3.76. The number of aryl methyl sites for hydroxylation is 1. The molecule has 1 aromatic rings. The first-order valence-electron chi connectivity index (χ1n) is 6.79. The van der Waals surface area contributed by atoms with Crippen molar-refractivity contribution in [2.75, 3.05) is 0 Å². The van der Waals surface area contributed by atoms with Crippen LogP contribution in [-0.2, 0) is 0 Å². The van der Waals surface area contributed by atoms with Crippen molar-refractivity contribution < 1.29 is 0 Å². The van der Waals surface area contributed by atoms with Gasteiger partial charge in [0.05, 0.1) is 0 Å². The molecule has 17 heavy (non-hydrogen) atoms. The van der Waals surface area contributed by atoms with E-state index in [9.17, 15) is 0 Å². The topological polar surface area (TPSA) is 12.0 Å². The van der Waals surface area contributed by atoms with Crippen molar-refractivity contribution in [1.82, 2.24) is 5.32 Å². The van der Waals surface area contributed by atoms with Crippen molar-refractivity contribution in [3.8, 4) is 0 Å². The Morgan fingerprint density at radius 3 is 2.24 bits per heavy atom. The van der Waals surface area contributed by atoms with Gasteiger partial charge in [-0.2, -0.15) is 0 Å². The minimum atomic E-state index is 0.721. The van der Waals surface area contributed by atoms with Crippen LogP contribution in [0.1, 0.15) is 42.7 Å². The Morgan fingerprint density at radius 2 is 1.59 bits per heavy atom. The highest BCUT2D eigenvalue weighted by Gasteiger charge is 2.31. The lowest BCUT2D eigenvalue weighted by atomic mass is 9.75. The zero-order valence-corrected chi connectivity index (χ0v) is 10.5. The molecule has 0 unspecified atom stereocenters. The molecular weight excluding hydrogens is 206 g/mol. The van der Waals surface area contributed by atoms with Crippen molar-refractivity contribution in [1.29, 1.82) is 0 Å². The molecule has 90 valence electrons. The van der Waals surface area contributed by atoms with Crippen LogP contribution in [0.3, 0.4) is 0 Å². The summed E-state index contributed by atoms with van der Waals surface area (Å²) in [5.74, 6) is 0.794. The Kier molecular flexibility index (Phi) is 3.02. The highest BCUT2D eigenvalue weighted by molar-refractivity contribution is 5.26. The van der Waals surface area contributed by atoms with Gasteiger partial charge >= 0.3 is 0 Å². The summed E-state index contributed by atoms with van der Waals surface area (Å²) < 4.78 is 0. The number of hydrogen-bond acceptors (Lipinski definition) is 1. The third kappa shape index (κ3) is 2.44. The van der Waals surface area contributed by atoms with Crippen LogP contribution in [0.25, 0.3) is 0 Å². The molecule has 1 N–H and O–H groups in total. The summed E-state index contributed by atoms with van der Waals surface area (Å²) in [7, 11) is 0. The van der Waals surface area contributed by atoms with Crippen molar-refractivity contribution in [3.05, 3.63) is 47.5 Å². The molecule has 0 heterocycles. The smallest absolute Gasteiger partial charge is 0.0139 e. The molecule has 1 fully saturated rings. The van der Waals surface area contributed by atoms with Gasteiger partial charge in [0, 0.05) is 12.1 Å². The Balaban J connectivity index is 1.49. The van der Waals surface area contributed by atoms with Gasteiger partial charge in [-0.1, -0.05) is 42.0 Å². The highest BCUT2D eigenvalue weighted by Crippen LogP contribution is 2.37. The summed E-state index contributed by atoms with van der Waals surface area (Å²) in [5.41, 5.74) is 2.89. The van der Waals surface area contributed by atoms with Crippen LogP contribution in [0.2, 0.25) is 0 Å². The molecule has 1 heteroatoms. The van der Waals surface area contributed by atoms with E-state index < -0.39 is 0 Å². The van der Waals surface area contributed by atoms with Crippen LogP contribution >= 0.6 is 0 Å². The van der Waals surface area contributed by atoms with Gasteiger partial charge in [0.15, 0.2) is 0 Å². The van der Waals surface area contributed by atoms with Crippen molar-refractivity contribution in [2.24, 2.45) is 0 Å². The van der Waals surface area contributed by atoms with Gasteiger partial charge in [-0.3, -0.25) is 0 Å². The third-order valence-corrected chi connectivity index (χ3v) is 4.17. The fourth-order valence-electron chi connectivity index (χ4n) is 2.95. The van der Waals surface area contributed by atoms with Gasteiger partial charge in [0.25, 0.3) is 0 Å². The molecule has 0 aromatic heterocycles. The minimum absolute atomic E-state index is 0.721. The van der Waals surface area contributed by atoms with E-state index in [4.69, 9.17) is 0 Å². The van der Waals surface area contributed by atoms with Gasteiger partial charge in [-0.05, 0) is 44.1 Å². The molecular formula is C16H21N. The Morgan fingerprint density at radius 1 is 0.941 bits per heavy atom. The van der Waals surface area contributed by atoms with E-state index in [2.05, 4.69) is 48.7 Å². The number of nitrogens with one attached hydrogen (secondary N) is 1. The summed E-state index contributed by atoms with van der Waals surface area (Å²) >= 11 is 0. The zero-order valence-electron chi connectivity index (χ0n) is 10.5. The molecule has 1 saturated carbocycles. The lowest BCUT2D eigenvalue weighted by Gasteiger charge is -2.38. The van der Waals surface area contributed by atoms with Gasteiger partial charge < -0.3 is 5.32 Å². The van der Waals surface area contributed by atoms with Crippen LogP contribution in [0, 0.1) is 6.92 Å². The number of hydrogen-bond donors (Lipinski definition) is 1. The van der Waals surface area contributed by atoms with Gasteiger partial charge in [-0.15, -0.1) is 0 Å². The summed E-state index contributed by atoms with van der Waals surface area (Å²) in [6.07, 6.45) is 9.69. The van der Waals surface area contributed by atoms with E-state index in [1.54, 1.807) is 0 Å². The zero-order chi connectivity index (χ0) is 11.7. The number of rotatable bonds is 3. The molecule has 0 saturated heterocycles. The predicted octanol–water partition coefficient (Wildman–Crippen LogP) is 3.55. The molecule has 2 aliphatic rings. The van der Waals surface area contributed by atoms with Gasteiger partial charge in [0.1, 0.15) is 0 Å². The average molecular weight is 227 g/mol. The van der Waals surface area contributed by atoms with E-state index in [1.807, 2.05) is 0 Å². The lowest BCUT2D eigenvalue weighted by Crippen LogP contribution is -2.44. The molecule has 0 bridgehead atoms. The monoisotopic (exact) mass is 227 g/mol. The quantitative estimate of drug-likeness (QED) is 0.779.